The third-order valence-corrected chi connectivity index (χ3v) is 5.10. The summed E-state index contributed by atoms with van der Waals surface area (Å²) in [7, 11) is 0. The van der Waals surface area contributed by atoms with E-state index in [-0.39, 0.29) is 5.41 Å². The van der Waals surface area contributed by atoms with E-state index in [2.05, 4.69) is 25.7 Å². The number of rotatable bonds is 4. The number of carbonyl (C=O) groups is 1. The van der Waals surface area contributed by atoms with Crippen molar-refractivity contribution in [3.8, 4) is 0 Å². The summed E-state index contributed by atoms with van der Waals surface area (Å²) in [5.41, 5.74) is 1.12. The zero-order valence-corrected chi connectivity index (χ0v) is 12.8. The van der Waals surface area contributed by atoms with Crippen molar-refractivity contribution in [3.63, 3.8) is 0 Å². The summed E-state index contributed by atoms with van der Waals surface area (Å²) in [6.45, 7) is 7.60. The first kappa shape index (κ1) is 13.1. The molecule has 0 saturated heterocycles. The van der Waals surface area contributed by atoms with E-state index < -0.39 is 0 Å². The lowest BCUT2D eigenvalue weighted by atomic mass is 9.78. The second kappa shape index (κ2) is 4.58. The second-order valence-electron chi connectivity index (χ2n) is 6.64. The molecule has 0 radical (unpaired) electrons. The number of thiazole rings is 1. The van der Waals surface area contributed by atoms with Gasteiger partial charge in [-0.25, -0.2) is 4.98 Å². The van der Waals surface area contributed by atoms with Crippen LogP contribution >= 0.6 is 11.3 Å². The Kier molecular flexibility index (Phi) is 3.16. The molecule has 0 aliphatic heterocycles. The molecule has 0 unspecified atom stereocenters. The SMILES string of the molecule is CCCN(c1nc2c(s1)C(=O)CC(C)(C)C2)C1CC1. The Morgan fingerprint density at radius 1 is 1.37 bits per heavy atom. The van der Waals surface area contributed by atoms with Gasteiger partial charge in [-0.3, -0.25) is 4.79 Å². The van der Waals surface area contributed by atoms with Crippen molar-refractivity contribution in [2.24, 2.45) is 5.41 Å². The van der Waals surface area contributed by atoms with Crippen molar-refractivity contribution in [2.75, 3.05) is 11.4 Å². The highest BCUT2D eigenvalue weighted by molar-refractivity contribution is 7.17. The van der Waals surface area contributed by atoms with E-state index in [0.717, 1.165) is 35.1 Å². The van der Waals surface area contributed by atoms with Crippen molar-refractivity contribution in [3.05, 3.63) is 10.6 Å². The molecule has 2 aliphatic carbocycles. The fourth-order valence-corrected chi connectivity index (χ4v) is 4.01. The number of hydrogen-bond acceptors (Lipinski definition) is 4. The number of Topliss-reactive ketones (excluding diaryl/α,β-unsaturated/α-hetero) is 1. The molecule has 1 aromatic heterocycles. The van der Waals surface area contributed by atoms with E-state index in [0.29, 0.717) is 18.2 Å². The van der Waals surface area contributed by atoms with E-state index >= 15 is 0 Å². The lowest BCUT2D eigenvalue weighted by molar-refractivity contribution is 0.0916. The zero-order valence-electron chi connectivity index (χ0n) is 12.0. The van der Waals surface area contributed by atoms with Gasteiger partial charge in [0.25, 0.3) is 0 Å². The summed E-state index contributed by atoms with van der Waals surface area (Å²) in [5.74, 6) is 0.294. The Balaban J connectivity index is 1.91. The highest BCUT2D eigenvalue weighted by Gasteiger charge is 2.36. The number of nitrogens with zero attached hydrogens (tertiary/aromatic N) is 2. The predicted octanol–water partition coefficient (Wildman–Crippen LogP) is 3.68. The maximum Gasteiger partial charge on any atom is 0.186 e. The topological polar surface area (TPSA) is 33.2 Å². The van der Waals surface area contributed by atoms with Crippen LogP contribution in [0.25, 0.3) is 0 Å². The fraction of sp³-hybridized carbons (Fsp3) is 0.733. The molecule has 0 N–H and O–H groups in total. The Morgan fingerprint density at radius 3 is 2.74 bits per heavy atom. The Bertz CT molecular complexity index is 502. The highest BCUT2D eigenvalue weighted by atomic mass is 32.1. The summed E-state index contributed by atoms with van der Waals surface area (Å²) >= 11 is 1.63. The molecule has 0 bridgehead atoms. The molecule has 4 heteroatoms. The van der Waals surface area contributed by atoms with Gasteiger partial charge in [-0.15, -0.1) is 0 Å². The molecular formula is C15H22N2OS. The Morgan fingerprint density at radius 2 is 2.11 bits per heavy atom. The van der Waals surface area contributed by atoms with Crippen LogP contribution in [0.3, 0.4) is 0 Å². The van der Waals surface area contributed by atoms with E-state index in [4.69, 9.17) is 4.98 Å². The molecule has 0 atom stereocenters. The van der Waals surface area contributed by atoms with Crippen LogP contribution in [0.1, 0.15) is 61.8 Å². The van der Waals surface area contributed by atoms with Crippen LogP contribution in [0.2, 0.25) is 0 Å². The van der Waals surface area contributed by atoms with E-state index in [9.17, 15) is 4.79 Å². The fourth-order valence-electron chi connectivity index (χ4n) is 2.89. The van der Waals surface area contributed by atoms with Crippen LogP contribution < -0.4 is 4.90 Å². The van der Waals surface area contributed by atoms with Gasteiger partial charge in [0.05, 0.1) is 10.6 Å². The molecular weight excluding hydrogens is 256 g/mol. The standard InChI is InChI=1S/C15H22N2OS/c1-4-7-17(10-5-6-10)14-16-11-8-15(2,3)9-12(18)13(11)19-14/h10H,4-9H2,1-3H3. The van der Waals surface area contributed by atoms with Crippen LogP contribution in [0.5, 0.6) is 0 Å². The van der Waals surface area contributed by atoms with Gasteiger partial charge in [0, 0.05) is 19.0 Å². The summed E-state index contributed by atoms with van der Waals surface area (Å²) < 4.78 is 0. The summed E-state index contributed by atoms with van der Waals surface area (Å²) in [5, 5.41) is 1.08. The molecule has 1 saturated carbocycles. The minimum Gasteiger partial charge on any atom is -0.345 e. The summed E-state index contributed by atoms with van der Waals surface area (Å²) in [6.07, 6.45) is 5.31. The highest BCUT2D eigenvalue weighted by Crippen LogP contribution is 2.41. The molecule has 0 amide bonds. The number of aromatic nitrogens is 1. The number of ketones is 1. The lowest BCUT2D eigenvalue weighted by Crippen LogP contribution is -2.27. The maximum absolute atomic E-state index is 12.2. The summed E-state index contributed by atoms with van der Waals surface area (Å²) in [4.78, 5) is 20.4. The summed E-state index contributed by atoms with van der Waals surface area (Å²) in [6, 6.07) is 0.677. The maximum atomic E-state index is 12.2. The molecule has 19 heavy (non-hydrogen) atoms. The average Bonchev–Trinajstić information content (AvgIpc) is 3.05. The van der Waals surface area contributed by atoms with Gasteiger partial charge in [-0.2, -0.15) is 0 Å². The number of fused-ring (bicyclic) bond motifs is 1. The second-order valence-corrected chi connectivity index (χ2v) is 7.62. The Labute approximate surface area is 119 Å². The van der Waals surface area contributed by atoms with Gasteiger partial charge < -0.3 is 4.90 Å². The minimum absolute atomic E-state index is 0.0740. The van der Waals surface area contributed by atoms with Gasteiger partial charge in [-0.05, 0) is 31.1 Å². The first-order chi connectivity index (χ1) is 9.00. The molecule has 0 spiro atoms. The number of anilines is 1. The molecule has 3 rings (SSSR count). The van der Waals surface area contributed by atoms with Crippen LogP contribution in [0.15, 0.2) is 0 Å². The molecule has 1 aromatic rings. The van der Waals surface area contributed by atoms with Crippen molar-refractivity contribution in [1.82, 2.24) is 4.98 Å². The van der Waals surface area contributed by atoms with E-state index in [1.165, 1.54) is 12.8 Å². The molecule has 2 aliphatic rings. The van der Waals surface area contributed by atoms with Gasteiger partial charge in [0.15, 0.2) is 10.9 Å². The third kappa shape index (κ3) is 2.55. The molecule has 104 valence electrons. The van der Waals surface area contributed by atoms with E-state index in [1.807, 2.05) is 0 Å². The lowest BCUT2D eigenvalue weighted by Gasteiger charge is -2.26. The van der Waals surface area contributed by atoms with Crippen LogP contribution in [-0.4, -0.2) is 23.4 Å². The van der Waals surface area contributed by atoms with Gasteiger partial charge >= 0.3 is 0 Å². The average molecular weight is 278 g/mol. The Hall–Kier alpha value is -0.900. The quantitative estimate of drug-likeness (QED) is 0.842. The normalized spacial score (nSPS) is 21.3. The van der Waals surface area contributed by atoms with E-state index in [1.54, 1.807) is 11.3 Å². The monoisotopic (exact) mass is 278 g/mol. The van der Waals surface area contributed by atoms with Crippen molar-refractivity contribution in [1.29, 1.82) is 0 Å². The zero-order chi connectivity index (χ0) is 13.6. The van der Waals surface area contributed by atoms with Crippen LogP contribution in [0.4, 0.5) is 5.13 Å². The number of carbonyl (C=O) groups excluding carboxylic acids is 1. The molecule has 1 fully saturated rings. The molecule has 1 heterocycles. The predicted molar refractivity (Wildman–Crippen MR) is 79.2 cm³/mol. The van der Waals surface area contributed by atoms with Crippen LogP contribution in [-0.2, 0) is 6.42 Å². The van der Waals surface area contributed by atoms with Gasteiger partial charge in [-0.1, -0.05) is 32.1 Å². The number of hydrogen-bond donors (Lipinski definition) is 0. The molecule has 0 aromatic carbocycles. The van der Waals surface area contributed by atoms with Crippen molar-refractivity contribution >= 4 is 22.3 Å². The van der Waals surface area contributed by atoms with Crippen molar-refractivity contribution in [2.45, 2.75) is 58.9 Å². The smallest absolute Gasteiger partial charge is 0.186 e. The minimum atomic E-state index is 0.0740. The van der Waals surface area contributed by atoms with Gasteiger partial charge in [0.2, 0.25) is 0 Å². The van der Waals surface area contributed by atoms with Gasteiger partial charge in [0.1, 0.15) is 0 Å². The largest absolute Gasteiger partial charge is 0.345 e. The van der Waals surface area contributed by atoms with Crippen LogP contribution in [0, 0.1) is 5.41 Å². The first-order valence-electron chi connectivity index (χ1n) is 7.30. The molecule has 3 nitrogen and oxygen atoms in total. The third-order valence-electron chi connectivity index (χ3n) is 3.92. The van der Waals surface area contributed by atoms with Crippen molar-refractivity contribution < 1.29 is 4.79 Å². The first-order valence-corrected chi connectivity index (χ1v) is 8.11.